The standard InChI is InChI=1S/C13H14N2O3/c1-13(2,15(16)17)9-18-12-7-8-14-11-6-4-3-5-10(11)12/h3-8H,9H2,1-2H3. The Labute approximate surface area is 105 Å². The van der Waals surface area contributed by atoms with E-state index in [1.165, 1.54) is 13.8 Å². The van der Waals surface area contributed by atoms with Crippen molar-refractivity contribution >= 4 is 10.9 Å². The Hall–Kier alpha value is -2.17. The predicted octanol–water partition coefficient (Wildman–Crippen LogP) is 2.67. The molecule has 2 rings (SSSR count). The van der Waals surface area contributed by atoms with E-state index in [-0.39, 0.29) is 11.5 Å². The molecule has 0 unspecified atom stereocenters. The Balaban J connectivity index is 2.25. The smallest absolute Gasteiger partial charge is 0.250 e. The van der Waals surface area contributed by atoms with E-state index in [1.807, 2.05) is 24.3 Å². The van der Waals surface area contributed by atoms with E-state index in [0.29, 0.717) is 5.75 Å². The summed E-state index contributed by atoms with van der Waals surface area (Å²) in [5, 5.41) is 11.7. The summed E-state index contributed by atoms with van der Waals surface area (Å²) in [4.78, 5) is 14.7. The number of aromatic nitrogens is 1. The molecule has 0 bridgehead atoms. The molecule has 1 aromatic heterocycles. The zero-order chi connectivity index (χ0) is 13.2. The van der Waals surface area contributed by atoms with Crippen LogP contribution in [-0.2, 0) is 0 Å². The fourth-order valence-corrected chi connectivity index (χ4v) is 1.50. The van der Waals surface area contributed by atoms with Gasteiger partial charge in [0.05, 0.1) is 5.52 Å². The molecule has 0 fully saturated rings. The number of pyridine rings is 1. The first-order chi connectivity index (χ1) is 8.50. The summed E-state index contributed by atoms with van der Waals surface area (Å²) in [6.07, 6.45) is 1.64. The van der Waals surface area contributed by atoms with Gasteiger partial charge in [-0.05, 0) is 18.2 Å². The summed E-state index contributed by atoms with van der Waals surface area (Å²) in [5.74, 6) is 0.621. The van der Waals surface area contributed by atoms with E-state index in [1.54, 1.807) is 12.3 Å². The first kappa shape index (κ1) is 12.3. The quantitative estimate of drug-likeness (QED) is 0.614. The highest BCUT2D eigenvalue weighted by Gasteiger charge is 2.31. The summed E-state index contributed by atoms with van der Waals surface area (Å²) < 4.78 is 5.56. The highest BCUT2D eigenvalue weighted by atomic mass is 16.6. The second-order valence-corrected chi connectivity index (χ2v) is 4.68. The predicted molar refractivity (Wildman–Crippen MR) is 68.3 cm³/mol. The van der Waals surface area contributed by atoms with E-state index in [2.05, 4.69) is 4.98 Å². The zero-order valence-corrected chi connectivity index (χ0v) is 10.3. The van der Waals surface area contributed by atoms with Crippen molar-refractivity contribution in [1.29, 1.82) is 0 Å². The van der Waals surface area contributed by atoms with Crippen LogP contribution in [0.5, 0.6) is 5.75 Å². The Morgan fingerprint density at radius 1 is 1.33 bits per heavy atom. The topological polar surface area (TPSA) is 65.3 Å². The summed E-state index contributed by atoms with van der Waals surface area (Å²) in [6, 6.07) is 9.26. The molecule has 18 heavy (non-hydrogen) atoms. The molecule has 2 aromatic rings. The number of ether oxygens (including phenoxy) is 1. The molecule has 0 aliphatic heterocycles. The lowest BCUT2D eigenvalue weighted by atomic mass is 10.1. The van der Waals surface area contributed by atoms with Gasteiger partial charge in [0.1, 0.15) is 5.75 Å². The molecule has 0 saturated heterocycles. The number of hydrogen-bond donors (Lipinski definition) is 0. The molecule has 1 aromatic carbocycles. The van der Waals surface area contributed by atoms with Crippen molar-refractivity contribution in [3.05, 3.63) is 46.6 Å². The largest absolute Gasteiger partial charge is 0.485 e. The van der Waals surface area contributed by atoms with Crippen molar-refractivity contribution in [2.45, 2.75) is 19.4 Å². The molecule has 0 aliphatic rings. The maximum absolute atomic E-state index is 10.8. The van der Waals surface area contributed by atoms with Crippen molar-refractivity contribution in [3.63, 3.8) is 0 Å². The zero-order valence-electron chi connectivity index (χ0n) is 10.3. The number of benzene rings is 1. The van der Waals surface area contributed by atoms with Crippen LogP contribution in [0.3, 0.4) is 0 Å². The van der Waals surface area contributed by atoms with Gasteiger partial charge in [0.15, 0.2) is 6.61 Å². The van der Waals surface area contributed by atoms with Gasteiger partial charge in [-0.25, -0.2) is 0 Å². The Bertz CT molecular complexity index is 576. The van der Waals surface area contributed by atoms with Crippen LogP contribution in [0, 0.1) is 10.1 Å². The van der Waals surface area contributed by atoms with Crippen LogP contribution in [0.25, 0.3) is 10.9 Å². The molecule has 0 atom stereocenters. The fraction of sp³-hybridized carbons (Fsp3) is 0.308. The summed E-state index contributed by atoms with van der Waals surface area (Å²) >= 11 is 0. The summed E-state index contributed by atoms with van der Waals surface area (Å²) in [7, 11) is 0. The van der Waals surface area contributed by atoms with Crippen molar-refractivity contribution in [1.82, 2.24) is 4.98 Å². The maximum atomic E-state index is 10.8. The number of para-hydroxylation sites is 1. The van der Waals surface area contributed by atoms with Crippen LogP contribution >= 0.6 is 0 Å². The third kappa shape index (κ3) is 2.40. The second kappa shape index (κ2) is 4.60. The molecule has 94 valence electrons. The van der Waals surface area contributed by atoms with Gasteiger partial charge < -0.3 is 4.74 Å². The number of hydrogen-bond acceptors (Lipinski definition) is 4. The highest BCUT2D eigenvalue weighted by Crippen LogP contribution is 2.24. The van der Waals surface area contributed by atoms with Gasteiger partial charge in [-0.1, -0.05) is 12.1 Å². The minimum atomic E-state index is -1.11. The minimum absolute atomic E-state index is 0.0218. The van der Waals surface area contributed by atoms with Crippen molar-refractivity contribution < 1.29 is 9.66 Å². The third-order valence-corrected chi connectivity index (χ3v) is 2.68. The van der Waals surface area contributed by atoms with Crippen LogP contribution in [0.1, 0.15) is 13.8 Å². The molecule has 0 radical (unpaired) electrons. The maximum Gasteiger partial charge on any atom is 0.250 e. The van der Waals surface area contributed by atoms with E-state index in [9.17, 15) is 10.1 Å². The van der Waals surface area contributed by atoms with Gasteiger partial charge in [-0.2, -0.15) is 0 Å². The molecule has 0 aliphatic carbocycles. The molecular weight excluding hydrogens is 232 g/mol. The summed E-state index contributed by atoms with van der Waals surface area (Å²) in [5.41, 5.74) is -0.293. The lowest BCUT2D eigenvalue weighted by molar-refractivity contribution is -0.562. The van der Waals surface area contributed by atoms with E-state index in [0.717, 1.165) is 10.9 Å². The monoisotopic (exact) mass is 246 g/mol. The lowest BCUT2D eigenvalue weighted by Gasteiger charge is -2.17. The lowest BCUT2D eigenvalue weighted by Crippen LogP contribution is -2.37. The van der Waals surface area contributed by atoms with E-state index >= 15 is 0 Å². The van der Waals surface area contributed by atoms with Crippen LogP contribution in [0.15, 0.2) is 36.5 Å². The first-order valence-corrected chi connectivity index (χ1v) is 5.62. The Morgan fingerprint density at radius 3 is 2.78 bits per heavy atom. The fourth-order valence-electron chi connectivity index (χ4n) is 1.50. The molecule has 1 heterocycles. The van der Waals surface area contributed by atoms with Crippen LogP contribution in [0.2, 0.25) is 0 Å². The van der Waals surface area contributed by atoms with Crippen LogP contribution < -0.4 is 4.74 Å². The van der Waals surface area contributed by atoms with Gasteiger partial charge in [-0.15, -0.1) is 0 Å². The Morgan fingerprint density at radius 2 is 2.06 bits per heavy atom. The average Bonchev–Trinajstić information content (AvgIpc) is 2.36. The van der Waals surface area contributed by atoms with Gasteiger partial charge >= 0.3 is 0 Å². The van der Waals surface area contributed by atoms with Gasteiger partial charge in [0.25, 0.3) is 0 Å². The SMILES string of the molecule is CC(C)(COc1ccnc2ccccc12)[N+](=O)[O-]. The third-order valence-electron chi connectivity index (χ3n) is 2.68. The van der Waals surface area contributed by atoms with Crippen molar-refractivity contribution in [2.75, 3.05) is 6.61 Å². The minimum Gasteiger partial charge on any atom is -0.485 e. The normalized spacial score (nSPS) is 11.4. The number of fused-ring (bicyclic) bond motifs is 1. The van der Waals surface area contributed by atoms with Gasteiger partial charge in [0, 0.05) is 30.4 Å². The molecule has 0 N–H and O–H groups in total. The van der Waals surface area contributed by atoms with E-state index < -0.39 is 5.54 Å². The molecule has 5 heteroatoms. The molecular formula is C13H14N2O3. The second-order valence-electron chi connectivity index (χ2n) is 4.68. The molecule has 0 spiro atoms. The van der Waals surface area contributed by atoms with Gasteiger partial charge in [0.2, 0.25) is 5.54 Å². The number of nitro groups is 1. The number of nitrogens with zero attached hydrogens (tertiary/aromatic N) is 2. The van der Waals surface area contributed by atoms with Gasteiger partial charge in [-0.3, -0.25) is 15.1 Å². The number of rotatable bonds is 4. The van der Waals surface area contributed by atoms with Crippen LogP contribution in [-0.4, -0.2) is 22.1 Å². The van der Waals surface area contributed by atoms with Crippen molar-refractivity contribution in [3.8, 4) is 5.75 Å². The van der Waals surface area contributed by atoms with Crippen molar-refractivity contribution in [2.24, 2.45) is 0 Å². The molecule has 0 amide bonds. The van der Waals surface area contributed by atoms with Crippen LogP contribution in [0.4, 0.5) is 0 Å². The van der Waals surface area contributed by atoms with E-state index in [4.69, 9.17) is 4.74 Å². The first-order valence-electron chi connectivity index (χ1n) is 5.62. The highest BCUT2D eigenvalue weighted by molar-refractivity contribution is 5.84. The molecule has 5 nitrogen and oxygen atoms in total. The Kier molecular flexibility index (Phi) is 3.14. The molecule has 0 saturated carbocycles. The summed E-state index contributed by atoms with van der Waals surface area (Å²) in [6.45, 7) is 3.10. The average molecular weight is 246 g/mol.